The predicted molar refractivity (Wildman–Crippen MR) is 68.9 cm³/mol. The minimum atomic E-state index is 0.336. The van der Waals surface area contributed by atoms with Crippen molar-refractivity contribution in [1.82, 2.24) is 5.32 Å². The van der Waals surface area contributed by atoms with Gasteiger partial charge in [0, 0.05) is 12.5 Å². The topological polar surface area (TPSA) is 38.3 Å². The molecule has 0 spiro atoms. The van der Waals surface area contributed by atoms with Crippen molar-refractivity contribution in [2.75, 3.05) is 13.2 Å². The lowest BCUT2D eigenvalue weighted by Crippen LogP contribution is -2.20. The highest BCUT2D eigenvalue weighted by molar-refractivity contribution is 5.37. The molecule has 3 nitrogen and oxygen atoms in total. The standard InChI is InChI=1S/C14H21NO2/c1-3-9-15-12(2)14-7-5-4-6-13(14)8-10-17-11-16/h4-7,11-12,15H,3,8-10H2,1-2H3. The molecule has 94 valence electrons. The van der Waals surface area contributed by atoms with Crippen molar-refractivity contribution in [2.45, 2.75) is 32.7 Å². The fraction of sp³-hybridized carbons (Fsp3) is 0.500. The molecule has 0 heterocycles. The molecule has 0 aliphatic carbocycles. The van der Waals surface area contributed by atoms with Crippen LogP contribution in [0.1, 0.15) is 37.4 Å². The van der Waals surface area contributed by atoms with E-state index in [1.807, 2.05) is 12.1 Å². The molecule has 0 aliphatic rings. The minimum Gasteiger partial charge on any atom is -0.468 e. The number of benzene rings is 1. The number of ether oxygens (including phenoxy) is 1. The fourth-order valence-corrected chi connectivity index (χ4v) is 1.87. The van der Waals surface area contributed by atoms with Gasteiger partial charge in [0.05, 0.1) is 6.61 Å². The summed E-state index contributed by atoms with van der Waals surface area (Å²) in [4.78, 5) is 10.1. The Kier molecular flexibility index (Phi) is 6.33. The van der Waals surface area contributed by atoms with Crippen LogP contribution in [-0.4, -0.2) is 19.6 Å². The number of carbonyl (C=O) groups is 1. The van der Waals surface area contributed by atoms with Gasteiger partial charge in [0.2, 0.25) is 0 Å². The second kappa shape index (κ2) is 7.85. The predicted octanol–water partition coefficient (Wildman–Crippen LogP) is 2.46. The van der Waals surface area contributed by atoms with Crippen LogP contribution < -0.4 is 5.32 Å². The molecular formula is C14H21NO2. The lowest BCUT2D eigenvalue weighted by atomic mass is 9.99. The van der Waals surface area contributed by atoms with E-state index >= 15 is 0 Å². The van der Waals surface area contributed by atoms with Gasteiger partial charge in [-0.15, -0.1) is 0 Å². The first-order valence-electron chi connectivity index (χ1n) is 6.16. The summed E-state index contributed by atoms with van der Waals surface area (Å²) in [5.74, 6) is 0. The molecule has 0 radical (unpaired) electrons. The Bertz CT molecular complexity index is 339. The van der Waals surface area contributed by atoms with Crippen molar-refractivity contribution >= 4 is 6.47 Å². The maximum absolute atomic E-state index is 10.1. The quantitative estimate of drug-likeness (QED) is 0.555. The van der Waals surface area contributed by atoms with E-state index in [1.165, 1.54) is 11.1 Å². The Labute approximate surface area is 103 Å². The molecule has 0 aliphatic heterocycles. The Morgan fingerprint density at radius 1 is 1.41 bits per heavy atom. The van der Waals surface area contributed by atoms with Crippen LogP contribution in [0.3, 0.4) is 0 Å². The molecule has 1 unspecified atom stereocenters. The summed E-state index contributed by atoms with van der Waals surface area (Å²) in [5, 5.41) is 3.47. The summed E-state index contributed by atoms with van der Waals surface area (Å²) in [6.07, 6.45) is 1.90. The third-order valence-electron chi connectivity index (χ3n) is 2.78. The first-order chi connectivity index (χ1) is 8.29. The van der Waals surface area contributed by atoms with Gasteiger partial charge >= 0.3 is 0 Å². The number of rotatable bonds is 8. The lowest BCUT2D eigenvalue weighted by molar-refractivity contribution is -0.128. The zero-order valence-electron chi connectivity index (χ0n) is 10.6. The monoisotopic (exact) mass is 235 g/mol. The SMILES string of the molecule is CCCNC(C)c1ccccc1CCOC=O. The Morgan fingerprint density at radius 3 is 2.88 bits per heavy atom. The van der Waals surface area contributed by atoms with Gasteiger partial charge in [-0.05, 0) is 31.0 Å². The first kappa shape index (κ1) is 13.7. The van der Waals surface area contributed by atoms with E-state index in [2.05, 4.69) is 31.3 Å². The van der Waals surface area contributed by atoms with Gasteiger partial charge in [-0.1, -0.05) is 31.2 Å². The van der Waals surface area contributed by atoms with Gasteiger partial charge in [0.1, 0.15) is 0 Å². The molecule has 3 heteroatoms. The van der Waals surface area contributed by atoms with Crippen molar-refractivity contribution in [1.29, 1.82) is 0 Å². The number of nitrogens with one attached hydrogen (secondary N) is 1. The number of hydrogen-bond acceptors (Lipinski definition) is 3. The van der Waals surface area contributed by atoms with Crippen LogP contribution in [0.15, 0.2) is 24.3 Å². The maximum atomic E-state index is 10.1. The van der Waals surface area contributed by atoms with Crippen LogP contribution in [0, 0.1) is 0 Å². The van der Waals surface area contributed by atoms with Crippen LogP contribution in [0.25, 0.3) is 0 Å². The van der Waals surface area contributed by atoms with Crippen LogP contribution in [0.5, 0.6) is 0 Å². The summed E-state index contributed by atoms with van der Waals surface area (Å²) in [5.41, 5.74) is 2.53. The Morgan fingerprint density at radius 2 is 2.18 bits per heavy atom. The second-order valence-corrected chi connectivity index (χ2v) is 4.09. The summed E-state index contributed by atoms with van der Waals surface area (Å²) >= 11 is 0. The molecular weight excluding hydrogens is 214 g/mol. The van der Waals surface area contributed by atoms with Gasteiger partial charge in [-0.25, -0.2) is 0 Å². The van der Waals surface area contributed by atoms with E-state index in [0.717, 1.165) is 19.4 Å². The van der Waals surface area contributed by atoms with Gasteiger partial charge in [0.15, 0.2) is 0 Å². The molecule has 1 rings (SSSR count). The molecule has 0 fully saturated rings. The molecule has 0 saturated heterocycles. The van der Waals surface area contributed by atoms with E-state index in [9.17, 15) is 4.79 Å². The zero-order chi connectivity index (χ0) is 12.5. The van der Waals surface area contributed by atoms with Crippen molar-refractivity contribution in [3.8, 4) is 0 Å². The van der Waals surface area contributed by atoms with Crippen molar-refractivity contribution in [3.63, 3.8) is 0 Å². The smallest absolute Gasteiger partial charge is 0.293 e. The zero-order valence-corrected chi connectivity index (χ0v) is 10.6. The number of carbonyl (C=O) groups excluding carboxylic acids is 1. The highest BCUT2D eigenvalue weighted by Gasteiger charge is 2.08. The molecule has 1 aromatic rings. The van der Waals surface area contributed by atoms with Crippen LogP contribution in [-0.2, 0) is 16.0 Å². The molecule has 0 bridgehead atoms. The lowest BCUT2D eigenvalue weighted by Gasteiger charge is -2.17. The number of hydrogen-bond donors (Lipinski definition) is 1. The minimum absolute atomic E-state index is 0.336. The highest BCUT2D eigenvalue weighted by Crippen LogP contribution is 2.18. The Balaban J connectivity index is 2.65. The summed E-state index contributed by atoms with van der Waals surface area (Å²) in [6, 6.07) is 8.62. The summed E-state index contributed by atoms with van der Waals surface area (Å²) in [6.45, 7) is 6.28. The van der Waals surface area contributed by atoms with E-state index in [4.69, 9.17) is 4.74 Å². The van der Waals surface area contributed by atoms with Crippen LogP contribution in [0.4, 0.5) is 0 Å². The maximum Gasteiger partial charge on any atom is 0.293 e. The van der Waals surface area contributed by atoms with E-state index in [-0.39, 0.29) is 0 Å². The third kappa shape index (κ3) is 4.57. The summed E-state index contributed by atoms with van der Waals surface area (Å²) in [7, 11) is 0. The second-order valence-electron chi connectivity index (χ2n) is 4.09. The third-order valence-corrected chi connectivity index (χ3v) is 2.78. The van der Waals surface area contributed by atoms with Gasteiger partial charge in [0.25, 0.3) is 6.47 Å². The van der Waals surface area contributed by atoms with E-state index in [1.54, 1.807) is 0 Å². The average Bonchev–Trinajstić information content (AvgIpc) is 2.37. The normalized spacial score (nSPS) is 12.1. The molecule has 1 atom stereocenters. The Hall–Kier alpha value is -1.35. The van der Waals surface area contributed by atoms with E-state index in [0.29, 0.717) is 19.1 Å². The average molecular weight is 235 g/mol. The molecule has 0 saturated carbocycles. The summed E-state index contributed by atoms with van der Waals surface area (Å²) < 4.78 is 4.75. The van der Waals surface area contributed by atoms with Gasteiger partial charge in [-0.3, -0.25) is 4.79 Å². The van der Waals surface area contributed by atoms with Crippen molar-refractivity contribution < 1.29 is 9.53 Å². The van der Waals surface area contributed by atoms with E-state index < -0.39 is 0 Å². The van der Waals surface area contributed by atoms with Crippen LogP contribution >= 0.6 is 0 Å². The van der Waals surface area contributed by atoms with Crippen molar-refractivity contribution in [3.05, 3.63) is 35.4 Å². The molecule has 1 N–H and O–H groups in total. The molecule has 0 amide bonds. The largest absolute Gasteiger partial charge is 0.468 e. The molecule has 17 heavy (non-hydrogen) atoms. The molecule has 0 aromatic heterocycles. The highest BCUT2D eigenvalue weighted by atomic mass is 16.5. The molecule has 1 aromatic carbocycles. The van der Waals surface area contributed by atoms with Crippen LogP contribution in [0.2, 0.25) is 0 Å². The van der Waals surface area contributed by atoms with Gasteiger partial charge < -0.3 is 10.1 Å². The van der Waals surface area contributed by atoms with Gasteiger partial charge in [-0.2, -0.15) is 0 Å². The fourth-order valence-electron chi connectivity index (χ4n) is 1.87. The van der Waals surface area contributed by atoms with Crippen molar-refractivity contribution in [2.24, 2.45) is 0 Å². The first-order valence-corrected chi connectivity index (χ1v) is 6.16.